The number of amides is 1. The van der Waals surface area contributed by atoms with E-state index in [2.05, 4.69) is 42.9 Å². The Labute approximate surface area is 335 Å². The van der Waals surface area contributed by atoms with Crippen molar-refractivity contribution in [3.63, 3.8) is 0 Å². The summed E-state index contributed by atoms with van der Waals surface area (Å²) >= 11 is 0. The van der Waals surface area contributed by atoms with E-state index in [0.717, 1.165) is 44.9 Å². The average Bonchev–Trinajstić information content (AvgIpc) is 3.12. The molecule has 0 aromatic carbocycles. The first kappa shape index (κ1) is 59.9. The Bertz CT molecular complexity index is 766. The highest BCUT2D eigenvalue weighted by Crippen LogP contribution is 2.17. The van der Waals surface area contributed by atoms with Crippen LogP contribution in [-0.2, 0) is 24.0 Å². The Hall–Kier alpha value is -0.350. The lowest BCUT2D eigenvalue weighted by molar-refractivity contribution is -0.144. The predicted molar refractivity (Wildman–Crippen MR) is 234 cm³/mol. The van der Waals surface area contributed by atoms with E-state index in [1.54, 1.807) is 64.8 Å². The van der Waals surface area contributed by atoms with Gasteiger partial charge >= 0.3 is 17.9 Å². The predicted octanol–water partition coefficient (Wildman–Crippen LogP) is 11.6. The lowest BCUT2D eigenvalue weighted by Gasteiger charge is -2.12. The van der Waals surface area contributed by atoms with Crippen molar-refractivity contribution in [1.82, 2.24) is 5.32 Å². The minimum Gasteiger partial charge on any atom is -0.481 e. The largest absolute Gasteiger partial charge is 0.481 e. The van der Waals surface area contributed by atoms with E-state index in [1.807, 2.05) is 13.8 Å². The Morgan fingerprint density at radius 1 is 0.471 bits per heavy atom. The SMILES string of the molecule is CC.CSSC.CSSC.CSSC.O=C(O)CCCCCCCCCCCCCCC(=O)C[C@@H](CCC(=O)NCCCCCC(=O)O)C(=O)O. The van der Waals surface area contributed by atoms with Crippen LogP contribution in [0.5, 0.6) is 0 Å². The zero-order valence-electron chi connectivity index (χ0n) is 33.0. The van der Waals surface area contributed by atoms with Crippen LogP contribution in [0.1, 0.15) is 149 Å². The Balaban J connectivity index is -0.000000427. The van der Waals surface area contributed by atoms with Crippen molar-refractivity contribution in [3.05, 3.63) is 0 Å². The van der Waals surface area contributed by atoms with Crippen molar-refractivity contribution in [2.45, 2.75) is 149 Å². The first-order valence-corrected chi connectivity index (χ1v) is 27.0. The monoisotopic (exact) mass is 839 g/mol. The molecule has 0 aromatic heterocycles. The normalized spacial score (nSPS) is 10.4. The van der Waals surface area contributed by atoms with Crippen LogP contribution >= 0.6 is 64.8 Å². The van der Waals surface area contributed by atoms with Crippen molar-refractivity contribution in [2.24, 2.45) is 5.92 Å². The van der Waals surface area contributed by atoms with Crippen LogP contribution in [0.3, 0.4) is 0 Å². The number of aliphatic carboxylic acids is 3. The summed E-state index contributed by atoms with van der Waals surface area (Å²) in [5.74, 6) is -3.74. The van der Waals surface area contributed by atoms with E-state index in [4.69, 9.17) is 10.2 Å². The third kappa shape index (κ3) is 65.0. The quantitative estimate of drug-likeness (QED) is 0.0400. The summed E-state index contributed by atoms with van der Waals surface area (Å²) in [6.07, 6.45) is 28.0. The number of hydrogen-bond donors (Lipinski definition) is 4. The fraction of sp³-hybridized carbons (Fsp3) is 0.861. The summed E-state index contributed by atoms with van der Waals surface area (Å²) in [4.78, 5) is 56.5. The van der Waals surface area contributed by atoms with Crippen molar-refractivity contribution in [3.8, 4) is 0 Å². The maximum absolute atomic E-state index is 12.2. The van der Waals surface area contributed by atoms with Gasteiger partial charge in [-0.05, 0) is 69.6 Å². The molecule has 0 aromatic rings. The van der Waals surface area contributed by atoms with E-state index in [-0.39, 0.29) is 43.8 Å². The first-order valence-electron chi connectivity index (χ1n) is 18.1. The van der Waals surface area contributed by atoms with E-state index in [0.29, 0.717) is 32.2 Å². The number of ketones is 1. The minimum atomic E-state index is -1.05. The molecule has 0 unspecified atom stereocenters. The number of carboxylic acids is 3. The molecule has 0 aliphatic heterocycles. The number of rotatable bonds is 30. The summed E-state index contributed by atoms with van der Waals surface area (Å²) < 4.78 is 0. The molecule has 4 N–H and O–H groups in total. The third-order valence-corrected chi connectivity index (χ3v) is 11.0. The van der Waals surface area contributed by atoms with Crippen LogP contribution in [0, 0.1) is 5.92 Å². The number of carboxylic acid groups (broad SMARTS) is 3. The number of nitrogens with one attached hydrogen (secondary N) is 1. The van der Waals surface area contributed by atoms with Crippen LogP contribution < -0.4 is 5.32 Å². The van der Waals surface area contributed by atoms with Crippen molar-refractivity contribution >= 4 is 94.4 Å². The molecule has 0 spiro atoms. The fourth-order valence-electron chi connectivity index (χ4n) is 4.26. The maximum atomic E-state index is 12.2. The summed E-state index contributed by atoms with van der Waals surface area (Å²) in [7, 11) is 10.6. The number of carbonyl (C=O) groups excluding carboxylic acids is 2. The molecule has 0 fully saturated rings. The van der Waals surface area contributed by atoms with Crippen molar-refractivity contribution in [1.29, 1.82) is 0 Å². The van der Waals surface area contributed by atoms with Gasteiger partial charge in [0.15, 0.2) is 0 Å². The molecule has 0 bridgehead atoms. The Morgan fingerprint density at radius 3 is 1.10 bits per heavy atom. The molecular weight excluding hydrogens is 767 g/mol. The van der Waals surface area contributed by atoms with Gasteiger partial charge in [-0.15, -0.1) is 0 Å². The molecule has 0 heterocycles. The molecule has 9 nitrogen and oxygen atoms in total. The van der Waals surface area contributed by atoms with Gasteiger partial charge in [-0.1, -0.05) is 149 Å². The lowest BCUT2D eigenvalue weighted by Crippen LogP contribution is -2.26. The molecule has 0 saturated heterocycles. The summed E-state index contributed by atoms with van der Waals surface area (Å²) in [5.41, 5.74) is 0. The molecule has 1 atom stereocenters. The molecule has 0 radical (unpaired) electrons. The molecule has 0 aliphatic carbocycles. The van der Waals surface area contributed by atoms with Gasteiger partial charge in [0.05, 0.1) is 5.92 Å². The van der Waals surface area contributed by atoms with Gasteiger partial charge in [-0.3, -0.25) is 24.0 Å². The van der Waals surface area contributed by atoms with E-state index in [1.165, 1.54) is 32.1 Å². The van der Waals surface area contributed by atoms with Gasteiger partial charge in [-0.2, -0.15) is 0 Å². The molecule has 1 amide bonds. The fourth-order valence-corrected chi connectivity index (χ4v) is 4.26. The highest BCUT2D eigenvalue weighted by atomic mass is 33.1. The van der Waals surface area contributed by atoms with Gasteiger partial charge in [0, 0.05) is 38.6 Å². The number of Topliss-reactive ketones (excluding diaryl/α,β-unsaturated/α-hetero) is 1. The van der Waals surface area contributed by atoms with Crippen molar-refractivity contribution in [2.75, 3.05) is 44.1 Å². The standard InChI is InChI=1S/C28H49NO8.3C2H6S2.C2H6/c30-24(16-12-9-7-5-3-1-2-4-6-8-10-13-17-26(32)33)22-23(28(36)37)19-20-25(31)29-21-15-11-14-18-27(34)35;3*1-3-4-2;1-2/h23H,1-22H2,(H,29,31)(H,32,33)(H,34,35)(H,36,37);3*1-2H3;1-2H3/t23-;;;;/m1..../s1. The first-order chi connectivity index (χ1) is 24.5. The second-order valence-electron chi connectivity index (χ2n) is 11.0. The molecule has 306 valence electrons. The van der Waals surface area contributed by atoms with Crippen LogP contribution in [0.15, 0.2) is 0 Å². The van der Waals surface area contributed by atoms with Gasteiger partial charge in [-0.25, -0.2) is 0 Å². The molecule has 15 heteroatoms. The van der Waals surface area contributed by atoms with Crippen LogP contribution in [-0.4, -0.2) is 89.0 Å². The van der Waals surface area contributed by atoms with E-state index in [9.17, 15) is 29.1 Å². The highest BCUT2D eigenvalue weighted by Gasteiger charge is 2.22. The van der Waals surface area contributed by atoms with Crippen LogP contribution in [0.4, 0.5) is 0 Å². The number of hydrogen-bond acceptors (Lipinski definition) is 11. The average molecular weight is 840 g/mol. The van der Waals surface area contributed by atoms with E-state index < -0.39 is 23.8 Å². The zero-order chi connectivity index (χ0) is 40.0. The molecular formula is C36H73NO8S6. The summed E-state index contributed by atoms with van der Waals surface area (Å²) in [6, 6.07) is 0. The van der Waals surface area contributed by atoms with Gasteiger partial charge < -0.3 is 20.6 Å². The van der Waals surface area contributed by atoms with Crippen molar-refractivity contribution < 1.29 is 39.3 Å². The highest BCUT2D eigenvalue weighted by molar-refractivity contribution is 8.76. The second-order valence-corrected chi connectivity index (χ2v) is 19.0. The van der Waals surface area contributed by atoms with Crippen LogP contribution in [0.2, 0.25) is 0 Å². The summed E-state index contributed by atoms with van der Waals surface area (Å²) in [5, 5.41) is 29.3. The molecule has 0 aliphatic rings. The van der Waals surface area contributed by atoms with Gasteiger partial charge in [0.1, 0.15) is 5.78 Å². The van der Waals surface area contributed by atoms with Crippen LogP contribution in [0.25, 0.3) is 0 Å². The third-order valence-electron chi connectivity index (χ3n) is 7.03. The summed E-state index contributed by atoms with van der Waals surface area (Å²) in [6.45, 7) is 4.44. The Morgan fingerprint density at radius 2 is 0.784 bits per heavy atom. The molecule has 51 heavy (non-hydrogen) atoms. The smallest absolute Gasteiger partial charge is 0.306 e. The molecule has 0 rings (SSSR count). The number of carbonyl (C=O) groups is 5. The molecule has 0 saturated carbocycles. The lowest BCUT2D eigenvalue weighted by atomic mass is 9.94. The second kappa shape index (κ2) is 54.0. The maximum Gasteiger partial charge on any atom is 0.306 e. The Kier molecular flexibility index (Phi) is 63.4. The topological polar surface area (TPSA) is 158 Å². The zero-order valence-corrected chi connectivity index (χ0v) is 37.9. The number of unbranched alkanes of at least 4 members (excludes halogenated alkanes) is 13. The minimum absolute atomic E-state index is 0.0336. The van der Waals surface area contributed by atoms with E-state index >= 15 is 0 Å². The van der Waals surface area contributed by atoms with Gasteiger partial charge in [0.25, 0.3) is 0 Å². The van der Waals surface area contributed by atoms with Gasteiger partial charge in [0.2, 0.25) is 5.91 Å².